The first kappa shape index (κ1) is 10.6. The predicted molar refractivity (Wildman–Crippen MR) is 60.0 cm³/mol. The van der Waals surface area contributed by atoms with Crippen LogP contribution in [0.1, 0.15) is 17.3 Å². The normalized spacial score (nSPS) is 12.4. The van der Waals surface area contributed by atoms with E-state index in [1.165, 1.54) is 0 Å². The highest BCUT2D eigenvalue weighted by atomic mass is 16.5. The lowest BCUT2D eigenvalue weighted by atomic mass is 10.1. The van der Waals surface area contributed by atoms with Crippen LogP contribution in [0.15, 0.2) is 30.7 Å². The fourth-order valence-electron chi connectivity index (χ4n) is 1.66. The molecule has 0 bridgehead atoms. The molecule has 5 heteroatoms. The monoisotopic (exact) mass is 218 g/mol. The number of hydrogen-bond donors (Lipinski definition) is 1. The molecule has 16 heavy (non-hydrogen) atoms. The fraction of sp³-hybridized carbons (Fsp3) is 0.273. The number of ether oxygens (including phenoxy) is 1. The zero-order chi connectivity index (χ0) is 11.5. The predicted octanol–water partition coefficient (Wildman–Crippen LogP) is 0.872. The minimum absolute atomic E-state index is 0.281. The molecule has 0 saturated carbocycles. The van der Waals surface area contributed by atoms with Gasteiger partial charge in [-0.1, -0.05) is 6.07 Å². The molecular weight excluding hydrogens is 204 g/mol. The smallest absolute Gasteiger partial charge is 0.161 e. The quantitative estimate of drug-likeness (QED) is 0.830. The van der Waals surface area contributed by atoms with Gasteiger partial charge >= 0.3 is 0 Å². The van der Waals surface area contributed by atoms with Crippen LogP contribution in [0.5, 0.6) is 5.75 Å². The molecule has 2 rings (SSSR count). The van der Waals surface area contributed by atoms with Gasteiger partial charge in [0.2, 0.25) is 0 Å². The summed E-state index contributed by atoms with van der Waals surface area (Å²) in [6.07, 6.45) is 5.12. The Morgan fingerprint density at radius 3 is 2.88 bits per heavy atom. The molecule has 0 aromatic carbocycles. The Morgan fingerprint density at radius 1 is 1.44 bits per heavy atom. The minimum Gasteiger partial charge on any atom is -0.493 e. The molecule has 2 N–H and O–H groups in total. The second kappa shape index (κ2) is 4.32. The summed E-state index contributed by atoms with van der Waals surface area (Å²) in [6.45, 7) is 0. The molecule has 0 aliphatic heterocycles. The molecule has 0 amide bonds. The van der Waals surface area contributed by atoms with Crippen molar-refractivity contribution in [1.29, 1.82) is 0 Å². The first-order chi connectivity index (χ1) is 7.74. The van der Waals surface area contributed by atoms with Gasteiger partial charge in [-0.25, -0.2) is 0 Å². The lowest BCUT2D eigenvalue weighted by Crippen LogP contribution is -2.16. The number of aryl methyl sites for hydroxylation is 1. The summed E-state index contributed by atoms with van der Waals surface area (Å²) in [4.78, 5) is 4.05. The number of hydrogen-bond acceptors (Lipinski definition) is 4. The molecular formula is C11H14N4O. The van der Waals surface area contributed by atoms with Crippen molar-refractivity contribution in [3.8, 4) is 5.75 Å². The van der Waals surface area contributed by atoms with Gasteiger partial charge < -0.3 is 10.5 Å². The number of nitrogens with zero attached hydrogens (tertiary/aromatic N) is 3. The van der Waals surface area contributed by atoms with Crippen LogP contribution in [0.25, 0.3) is 0 Å². The Bertz CT molecular complexity index is 466. The van der Waals surface area contributed by atoms with Gasteiger partial charge in [-0.3, -0.25) is 9.67 Å². The molecule has 0 radical (unpaired) electrons. The molecule has 84 valence electrons. The maximum atomic E-state index is 6.16. The lowest BCUT2D eigenvalue weighted by Gasteiger charge is -2.13. The Hall–Kier alpha value is -1.88. The summed E-state index contributed by atoms with van der Waals surface area (Å²) >= 11 is 0. The zero-order valence-electron chi connectivity index (χ0n) is 9.29. The van der Waals surface area contributed by atoms with Gasteiger partial charge in [-0.05, 0) is 11.6 Å². The largest absolute Gasteiger partial charge is 0.493 e. The summed E-state index contributed by atoms with van der Waals surface area (Å²) in [7, 11) is 3.45. The average Bonchev–Trinajstić information content (AvgIpc) is 2.70. The topological polar surface area (TPSA) is 66.0 Å². The van der Waals surface area contributed by atoms with Crippen molar-refractivity contribution in [3.63, 3.8) is 0 Å². The Labute approximate surface area is 93.9 Å². The van der Waals surface area contributed by atoms with Crippen LogP contribution in [-0.2, 0) is 7.05 Å². The van der Waals surface area contributed by atoms with Gasteiger partial charge in [0, 0.05) is 19.4 Å². The van der Waals surface area contributed by atoms with Gasteiger partial charge in [0.05, 0.1) is 19.3 Å². The van der Waals surface area contributed by atoms with Gasteiger partial charge in [-0.2, -0.15) is 5.10 Å². The van der Waals surface area contributed by atoms with E-state index in [9.17, 15) is 0 Å². The van der Waals surface area contributed by atoms with Gasteiger partial charge in [0.15, 0.2) is 5.75 Å². The number of nitrogens with two attached hydrogens (primary N) is 1. The van der Waals surface area contributed by atoms with Crippen molar-refractivity contribution in [2.24, 2.45) is 12.8 Å². The van der Waals surface area contributed by atoms with Crippen LogP contribution in [0, 0.1) is 0 Å². The highest BCUT2D eigenvalue weighted by Crippen LogP contribution is 2.26. The number of methoxy groups -OCH3 is 1. The Morgan fingerprint density at radius 2 is 2.25 bits per heavy atom. The van der Waals surface area contributed by atoms with E-state index in [2.05, 4.69) is 10.1 Å². The number of pyridine rings is 1. The average molecular weight is 218 g/mol. The first-order valence-corrected chi connectivity index (χ1v) is 4.95. The van der Waals surface area contributed by atoms with Crippen molar-refractivity contribution in [2.45, 2.75) is 6.04 Å². The third-order valence-corrected chi connectivity index (χ3v) is 2.51. The molecule has 0 fully saturated rings. The van der Waals surface area contributed by atoms with Crippen LogP contribution in [0.4, 0.5) is 0 Å². The summed E-state index contributed by atoms with van der Waals surface area (Å²) < 4.78 is 6.94. The molecule has 0 aliphatic carbocycles. The van der Waals surface area contributed by atoms with Crippen molar-refractivity contribution in [1.82, 2.24) is 14.8 Å². The first-order valence-electron chi connectivity index (χ1n) is 4.95. The van der Waals surface area contributed by atoms with E-state index in [-0.39, 0.29) is 6.04 Å². The van der Waals surface area contributed by atoms with E-state index in [0.29, 0.717) is 5.75 Å². The van der Waals surface area contributed by atoms with E-state index in [1.807, 2.05) is 19.2 Å². The van der Waals surface area contributed by atoms with E-state index >= 15 is 0 Å². The molecule has 5 nitrogen and oxygen atoms in total. The summed E-state index contributed by atoms with van der Waals surface area (Å²) in [5, 5.41) is 4.13. The Balaban J connectivity index is 2.41. The summed E-state index contributed by atoms with van der Waals surface area (Å²) in [5.74, 6) is 0.693. The Kier molecular flexibility index (Phi) is 2.87. The van der Waals surface area contributed by atoms with Crippen molar-refractivity contribution in [2.75, 3.05) is 7.11 Å². The van der Waals surface area contributed by atoms with Crippen LogP contribution >= 0.6 is 0 Å². The van der Waals surface area contributed by atoms with Crippen LogP contribution < -0.4 is 10.5 Å². The molecule has 1 atom stereocenters. The molecule has 1 unspecified atom stereocenters. The van der Waals surface area contributed by atoms with Gasteiger partial charge in [0.25, 0.3) is 0 Å². The van der Waals surface area contributed by atoms with Crippen molar-refractivity contribution >= 4 is 0 Å². The summed E-state index contributed by atoms with van der Waals surface area (Å²) in [5.41, 5.74) is 7.93. The third kappa shape index (κ3) is 1.77. The molecule has 0 aliphatic rings. The maximum absolute atomic E-state index is 6.16. The fourth-order valence-corrected chi connectivity index (χ4v) is 1.66. The second-order valence-corrected chi connectivity index (χ2v) is 3.49. The highest BCUT2D eigenvalue weighted by Gasteiger charge is 2.18. The van der Waals surface area contributed by atoms with Crippen LogP contribution in [0.2, 0.25) is 0 Å². The summed E-state index contributed by atoms with van der Waals surface area (Å²) in [6, 6.07) is 3.51. The number of rotatable bonds is 3. The lowest BCUT2D eigenvalue weighted by molar-refractivity contribution is 0.406. The van der Waals surface area contributed by atoms with Crippen molar-refractivity contribution < 1.29 is 4.74 Å². The van der Waals surface area contributed by atoms with Crippen LogP contribution in [-0.4, -0.2) is 21.9 Å². The second-order valence-electron chi connectivity index (χ2n) is 3.49. The van der Waals surface area contributed by atoms with Crippen molar-refractivity contribution in [3.05, 3.63) is 42.0 Å². The van der Waals surface area contributed by atoms with E-state index in [1.54, 1.807) is 30.4 Å². The number of aromatic nitrogens is 3. The zero-order valence-corrected chi connectivity index (χ0v) is 9.29. The molecule has 0 spiro atoms. The molecule has 2 aromatic heterocycles. The SMILES string of the molecule is COc1cnn(C)c1C(N)c1cccnc1. The third-order valence-electron chi connectivity index (χ3n) is 2.51. The molecule has 2 heterocycles. The van der Waals surface area contributed by atoms with E-state index in [4.69, 9.17) is 10.5 Å². The maximum Gasteiger partial charge on any atom is 0.161 e. The molecule has 0 saturated heterocycles. The molecule has 2 aromatic rings. The van der Waals surface area contributed by atoms with E-state index < -0.39 is 0 Å². The van der Waals surface area contributed by atoms with Gasteiger partial charge in [-0.15, -0.1) is 0 Å². The van der Waals surface area contributed by atoms with Gasteiger partial charge in [0.1, 0.15) is 5.69 Å². The van der Waals surface area contributed by atoms with Crippen LogP contribution in [0.3, 0.4) is 0 Å². The van der Waals surface area contributed by atoms with E-state index in [0.717, 1.165) is 11.3 Å². The minimum atomic E-state index is -0.281. The standard InChI is InChI=1S/C11H14N4O/c1-15-11(9(16-2)7-14-15)10(12)8-4-3-5-13-6-8/h3-7,10H,12H2,1-2H3. The highest BCUT2D eigenvalue weighted by molar-refractivity contribution is 5.34.